The Labute approximate surface area is 229 Å². The number of nitrogens with zero attached hydrogens (tertiary/aromatic N) is 2. The van der Waals surface area contributed by atoms with Gasteiger partial charge in [-0.15, -0.1) is 0 Å². The number of benzene rings is 1. The van der Waals surface area contributed by atoms with E-state index >= 15 is 0 Å². The topological polar surface area (TPSA) is 127 Å². The van der Waals surface area contributed by atoms with Crippen molar-refractivity contribution in [2.45, 2.75) is 83.3 Å². The van der Waals surface area contributed by atoms with Gasteiger partial charge in [0.05, 0.1) is 17.7 Å². The zero-order valence-corrected chi connectivity index (χ0v) is 24.6. The van der Waals surface area contributed by atoms with Crippen LogP contribution in [0.3, 0.4) is 0 Å². The number of amides is 2. The molecule has 210 valence electrons. The van der Waals surface area contributed by atoms with Crippen molar-refractivity contribution >= 4 is 38.5 Å². The summed E-state index contributed by atoms with van der Waals surface area (Å²) < 4.78 is 39.3. The number of unbranched alkanes of at least 4 members (excludes halogenated alkanes) is 2. The Kier molecular flexibility index (Phi) is 9.77. The minimum atomic E-state index is -3.92. The molecule has 0 unspecified atom stereocenters. The monoisotopic (exact) mass is 566 g/mol. The maximum atomic E-state index is 13.7. The molecule has 0 bridgehead atoms. The number of hydrogen-bond donors (Lipinski definition) is 2. The molecule has 10 nitrogen and oxygen atoms in total. The minimum absolute atomic E-state index is 0.0355. The van der Waals surface area contributed by atoms with Crippen LogP contribution in [-0.2, 0) is 19.6 Å². The second-order valence-corrected chi connectivity index (χ2v) is 13.2. The molecule has 1 aromatic carbocycles. The summed E-state index contributed by atoms with van der Waals surface area (Å²) >= 11 is 1.30. The molecule has 0 spiro atoms. The van der Waals surface area contributed by atoms with E-state index in [1.165, 1.54) is 22.8 Å². The van der Waals surface area contributed by atoms with Gasteiger partial charge in [0.25, 0.3) is 0 Å². The van der Waals surface area contributed by atoms with E-state index in [4.69, 9.17) is 9.47 Å². The van der Waals surface area contributed by atoms with Gasteiger partial charge < -0.3 is 20.1 Å². The second-order valence-electron chi connectivity index (χ2n) is 10.3. The summed E-state index contributed by atoms with van der Waals surface area (Å²) in [6, 6.07) is 4.62. The van der Waals surface area contributed by atoms with E-state index in [0.29, 0.717) is 29.2 Å². The molecule has 2 heterocycles. The second kappa shape index (κ2) is 12.4. The smallest absolute Gasteiger partial charge is 0.407 e. The standard InChI is InChI=1S/C26H38N4O6S2/c1-7-8-9-10-22(31)29-24-27-17(2)23(37-24)18-11-12-20(35-6)21(15-18)38(33,34)30-14-13-19(16-30)28-25(32)36-26(3,4)5/h11-12,15,19H,7-10,13-14,16H2,1-6H3,(H,28,32)(H,27,29,31)/t19-/m0/s1. The lowest BCUT2D eigenvalue weighted by atomic mass is 10.1. The maximum absolute atomic E-state index is 13.7. The Morgan fingerprint density at radius 3 is 2.63 bits per heavy atom. The van der Waals surface area contributed by atoms with Crippen molar-refractivity contribution in [2.24, 2.45) is 0 Å². The molecule has 3 rings (SSSR count). The Morgan fingerprint density at radius 2 is 1.97 bits per heavy atom. The molecule has 1 saturated heterocycles. The lowest BCUT2D eigenvalue weighted by Gasteiger charge is -2.22. The van der Waals surface area contributed by atoms with Crippen molar-refractivity contribution in [2.75, 3.05) is 25.5 Å². The first-order valence-corrected chi connectivity index (χ1v) is 15.0. The third-order valence-electron chi connectivity index (χ3n) is 5.97. The average Bonchev–Trinajstić information content (AvgIpc) is 3.44. The van der Waals surface area contributed by atoms with Crippen LogP contribution in [0.5, 0.6) is 5.75 Å². The van der Waals surface area contributed by atoms with Crippen molar-refractivity contribution < 1.29 is 27.5 Å². The Balaban J connectivity index is 1.79. The van der Waals surface area contributed by atoms with Crippen molar-refractivity contribution in [1.82, 2.24) is 14.6 Å². The fourth-order valence-corrected chi connectivity index (χ4v) is 6.79. The number of nitrogens with one attached hydrogen (secondary N) is 2. The number of anilines is 1. The van der Waals surface area contributed by atoms with Crippen LogP contribution in [0.1, 0.15) is 65.5 Å². The van der Waals surface area contributed by atoms with Crippen molar-refractivity contribution in [3.05, 3.63) is 23.9 Å². The summed E-state index contributed by atoms with van der Waals surface area (Å²) in [6.07, 6.45) is 3.18. The Bertz CT molecular complexity index is 1250. The van der Waals surface area contributed by atoms with Gasteiger partial charge in [-0.25, -0.2) is 18.2 Å². The number of carbonyl (C=O) groups excluding carboxylic acids is 2. The molecule has 2 amide bonds. The molecule has 1 atom stereocenters. The molecular weight excluding hydrogens is 528 g/mol. The van der Waals surface area contributed by atoms with Gasteiger partial charge in [0.1, 0.15) is 16.2 Å². The van der Waals surface area contributed by atoms with Crippen LogP contribution >= 0.6 is 11.3 Å². The summed E-state index contributed by atoms with van der Waals surface area (Å²) in [5, 5.41) is 6.09. The van der Waals surface area contributed by atoms with Crippen molar-refractivity contribution in [3.63, 3.8) is 0 Å². The van der Waals surface area contributed by atoms with Crippen LogP contribution in [0.25, 0.3) is 10.4 Å². The van der Waals surface area contributed by atoms with Gasteiger partial charge in [0.2, 0.25) is 15.9 Å². The zero-order chi connectivity index (χ0) is 28.1. The van der Waals surface area contributed by atoms with E-state index in [0.717, 1.165) is 24.1 Å². The summed E-state index contributed by atoms with van der Waals surface area (Å²) in [5.74, 6) is 0.143. The molecule has 2 N–H and O–H groups in total. The summed E-state index contributed by atoms with van der Waals surface area (Å²) in [5.41, 5.74) is 0.707. The van der Waals surface area contributed by atoms with E-state index in [1.807, 2.05) is 6.92 Å². The number of aromatic nitrogens is 1. The highest BCUT2D eigenvalue weighted by Gasteiger charge is 2.36. The van der Waals surface area contributed by atoms with Gasteiger partial charge in [0, 0.05) is 25.6 Å². The summed E-state index contributed by atoms with van der Waals surface area (Å²) in [6.45, 7) is 9.60. The number of sulfonamides is 1. The van der Waals surface area contributed by atoms with E-state index in [9.17, 15) is 18.0 Å². The van der Waals surface area contributed by atoms with E-state index in [-0.39, 0.29) is 35.7 Å². The van der Waals surface area contributed by atoms with Gasteiger partial charge in [0.15, 0.2) is 5.13 Å². The fourth-order valence-electron chi connectivity index (χ4n) is 4.13. The van der Waals surface area contributed by atoms with Crippen LogP contribution in [0.15, 0.2) is 23.1 Å². The summed E-state index contributed by atoms with van der Waals surface area (Å²) in [7, 11) is -2.50. The third-order valence-corrected chi connectivity index (χ3v) is 8.97. The molecule has 0 radical (unpaired) electrons. The van der Waals surface area contributed by atoms with Crippen LogP contribution in [0.4, 0.5) is 9.93 Å². The first-order valence-electron chi connectivity index (χ1n) is 12.8. The first kappa shape index (κ1) is 29.9. The minimum Gasteiger partial charge on any atom is -0.495 e. The predicted molar refractivity (Wildman–Crippen MR) is 148 cm³/mol. The van der Waals surface area contributed by atoms with Crippen LogP contribution in [-0.4, -0.2) is 61.5 Å². The van der Waals surface area contributed by atoms with Crippen LogP contribution in [0.2, 0.25) is 0 Å². The molecule has 0 aliphatic carbocycles. The Hall–Kier alpha value is -2.70. The highest BCUT2D eigenvalue weighted by atomic mass is 32.2. The van der Waals surface area contributed by atoms with E-state index < -0.39 is 21.7 Å². The average molecular weight is 567 g/mol. The number of alkyl carbamates (subject to hydrolysis) is 1. The molecule has 2 aromatic rings. The molecular formula is C26H38N4O6S2. The van der Waals surface area contributed by atoms with Gasteiger partial charge >= 0.3 is 6.09 Å². The Morgan fingerprint density at radius 1 is 1.24 bits per heavy atom. The van der Waals surface area contributed by atoms with Crippen LogP contribution < -0.4 is 15.4 Å². The van der Waals surface area contributed by atoms with Gasteiger partial charge in [-0.1, -0.05) is 31.1 Å². The molecule has 1 aliphatic rings. The highest BCUT2D eigenvalue weighted by Crippen LogP contribution is 2.38. The molecule has 0 saturated carbocycles. The molecule has 1 aliphatic heterocycles. The number of aryl methyl sites for hydroxylation is 1. The van der Waals surface area contributed by atoms with Crippen molar-refractivity contribution in [1.29, 1.82) is 0 Å². The lowest BCUT2D eigenvalue weighted by molar-refractivity contribution is -0.116. The fraction of sp³-hybridized carbons (Fsp3) is 0.577. The predicted octanol–water partition coefficient (Wildman–Crippen LogP) is 4.93. The molecule has 1 fully saturated rings. The maximum Gasteiger partial charge on any atom is 0.407 e. The highest BCUT2D eigenvalue weighted by molar-refractivity contribution is 7.89. The number of rotatable bonds is 10. The van der Waals surface area contributed by atoms with E-state index in [2.05, 4.69) is 22.5 Å². The third kappa shape index (κ3) is 7.67. The lowest BCUT2D eigenvalue weighted by Crippen LogP contribution is -2.41. The van der Waals surface area contributed by atoms with E-state index in [1.54, 1.807) is 39.0 Å². The molecule has 1 aromatic heterocycles. The van der Waals surface area contributed by atoms with Crippen LogP contribution in [0, 0.1) is 6.92 Å². The summed E-state index contributed by atoms with van der Waals surface area (Å²) in [4.78, 5) is 29.7. The zero-order valence-electron chi connectivity index (χ0n) is 22.9. The number of carbonyl (C=O) groups is 2. The first-order chi connectivity index (χ1) is 17.8. The largest absolute Gasteiger partial charge is 0.495 e. The number of thiazole rings is 1. The van der Waals surface area contributed by atoms with Gasteiger partial charge in [-0.2, -0.15) is 4.31 Å². The quantitative estimate of drug-likeness (QED) is 0.390. The molecule has 38 heavy (non-hydrogen) atoms. The van der Waals surface area contributed by atoms with Gasteiger partial charge in [-0.05, 0) is 64.3 Å². The normalized spacial score (nSPS) is 16.3. The number of ether oxygens (including phenoxy) is 2. The molecule has 12 heteroatoms. The number of hydrogen-bond acceptors (Lipinski definition) is 8. The SMILES string of the molecule is CCCCCC(=O)Nc1nc(C)c(-c2ccc(OC)c(S(=O)(=O)N3CC[C@H](NC(=O)OC(C)(C)C)C3)c2)s1. The van der Waals surface area contributed by atoms with Crippen molar-refractivity contribution in [3.8, 4) is 16.2 Å². The van der Waals surface area contributed by atoms with Gasteiger partial charge in [-0.3, -0.25) is 4.79 Å². The number of methoxy groups -OCH3 is 1.